The van der Waals surface area contributed by atoms with Gasteiger partial charge in [-0.1, -0.05) is 0 Å². The lowest BCUT2D eigenvalue weighted by molar-refractivity contribution is 0.170. The van der Waals surface area contributed by atoms with Crippen molar-refractivity contribution in [1.82, 2.24) is 0 Å². The molecule has 100 valence electrons. The Morgan fingerprint density at radius 2 is 1.79 bits per heavy atom. The zero-order valence-electron chi connectivity index (χ0n) is 10.8. The lowest BCUT2D eigenvalue weighted by atomic mass is 10.1. The van der Waals surface area contributed by atoms with Crippen LogP contribution in [0.5, 0.6) is 17.2 Å². The number of benzene rings is 1. The molecule has 5 heteroatoms. The smallest absolute Gasteiger partial charge is 0.186 e. The van der Waals surface area contributed by atoms with Crippen molar-refractivity contribution in [2.75, 3.05) is 26.6 Å². The van der Waals surface area contributed by atoms with Gasteiger partial charge in [-0.15, -0.1) is 23.1 Å². The summed E-state index contributed by atoms with van der Waals surface area (Å²) in [6.07, 6.45) is 2.06. The van der Waals surface area contributed by atoms with Crippen LogP contribution < -0.4 is 14.2 Å². The second-order valence-electron chi connectivity index (χ2n) is 4.01. The van der Waals surface area contributed by atoms with E-state index in [1.54, 1.807) is 30.2 Å². The van der Waals surface area contributed by atoms with Gasteiger partial charge in [-0.2, -0.15) is 0 Å². The molecule has 1 aliphatic rings. The standard InChI is InChI=1S/C14H14O3S2/c1-15-10-5-3-9(4-6-10)13-11-12(14(18-2)19-13)17-8-7-16-11/h3-6H,7-8H2,1-2H3. The van der Waals surface area contributed by atoms with E-state index in [0.717, 1.165) is 27.7 Å². The average Bonchev–Trinajstić information content (AvgIpc) is 2.86. The van der Waals surface area contributed by atoms with E-state index >= 15 is 0 Å². The summed E-state index contributed by atoms with van der Waals surface area (Å²) in [4.78, 5) is 1.13. The number of ether oxygens (including phenoxy) is 3. The minimum atomic E-state index is 0.612. The lowest BCUT2D eigenvalue weighted by Gasteiger charge is -2.16. The number of hydrogen-bond acceptors (Lipinski definition) is 5. The van der Waals surface area contributed by atoms with E-state index in [0.29, 0.717) is 13.2 Å². The van der Waals surface area contributed by atoms with Gasteiger partial charge in [0.15, 0.2) is 11.5 Å². The van der Waals surface area contributed by atoms with Gasteiger partial charge in [-0.3, -0.25) is 0 Å². The lowest BCUT2D eigenvalue weighted by Crippen LogP contribution is -2.14. The predicted molar refractivity (Wildman–Crippen MR) is 79.1 cm³/mol. The summed E-state index contributed by atoms with van der Waals surface area (Å²) in [6, 6.07) is 8.02. The van der Waals surface area contributed by atoms with Crippen LogP contribution >= 0.6 is 23.1 Å². The molecule has 0 bridgehead atoms. The molecule has 2 heterocycles. The first kappa shape index (κ1) is 12.7. The number of fused-ring (bicyclic) bond motifs is 1. The van der Waals surface area contributed by atoms with Crippen molar-refractivity contribution >= 4 is 23.1 Å². The summed E-state index contributed by atoms with van der Waals surface area (Å²) in [7, 11) is 1.67. The van der Waals surface area contributed by atoms with Crippen LogP contribution in [0.2, 0.25) is 0 Å². The fraction of sp³-hybridized carbons (Fsp3) is 0.286. The van der Waals surface area contributed by atoms with Gasteiger partial charge in [0.1, 0.15) is 23.2 Å². The van der Waals surface area contributed by atoms with Gasteiger partial charge in [0.2, 0.25) is 0 Å². The zero-order valence-corrected chi connectivity index (χ0v) is 12.4. The molecule has 0 atom stereocenters. The van der Waals surface area contributed by atoms with Crippen LogP contribution in [-0.4, -0.2) is 26.6 Å². The largest absolute Gasteiger partial charge is 0.497 e. The normalized spacial score (nSPS) is 13.4. The van der Waals surface area contributed by atoms with E-state index in [9.17, 15) is 0 Å². The monoisotopic (exact) mass is 294 g/mol. The summed E-state index contributed by atoms with van der Waals surface area (Å²) in [6.45, 7) is 1.24. The molecule has 1 aromatic heterocycles. The highest BCUT2D eigenvalue weighted by Gasteiger charge is 2.24. The van der Waals surface area contributed by atoms with Gasteiger partial charge >= 0.3 is 0 Å². The van der Waals surface area contributed by atoms with Gasteiger partial charge in [0.25, 0.3) is 0 Å². The summed E-state index contributed by atoms with van der Waals surface area (Å²) >= 11 is 3.41. The summed E-state index contributed by atoms with van der Waals surface area (Å²) in [5.74, 6) is 2.64. The molecule has 0 saturated heterocycles. The first-order valence-corrected chi connectivity index (χ1v) is 7.98. The zero-order chi connectivity index (χ0) is 13.2. The Labute approximate surface area is 120 Å². The minimum Gasteiger partial charge on any atom is -0.497 e. The van der Waals surface area contributed by atoms with E-state index < -0.39 is 0 Å². The molecule has 0 aliphatic carbocycles. The van der Waals surface area contributed by atoms with Gasteiger partial charge in [0.05, 0.1) is 12.0 Å². The topological polar surface area (TPSA) is 27.7 Å². The van der Waals surface area contributed by atoms with Gasteiger partial charge in [-0.25, -0.2) is 0 Å². The second-order valence-corrected chi connectivity index (χ2v) is 6.10. The third-order valence-electron chi connectivity index (χ3n) is 2.91. The van der Waals surface area contributed by atoms with E-state index in [4.69, 9.17) is 14.2 Å². The predicted octanol–water partition coefficient (Wildman–Crippen LogP) is 3.92. The summed E-state index contributed by atoms with van der Waals surface area (Å²) < 4.78 is 17.9. The highest BCUT2D eigenvalue weighted by Crippen LogP contribution is 2.52. The molecular weight excluding hydrogens is 280 g/mol. The minimum absolute atomic E-state index is 0.612. The van der Waals surface area contributed by atoms with Crippen molar-refractivity contribution in [3.05, 3.63) is 24.3 Å². The average molecular weight is 294 g/mol. The van der Waals surface area contributed by atoms with Gasteiger partial charge in [-0.05, 0) is 36.1 Å². The van der Waals surface area contributed by atoms with E-state index in [-0.39, 0.29) is 0 Å². The Balaban J connectivity index is 2.06. The van der Waals surface area contributed by atoms with Gasteiger partial charge in [0, 0.05) is 0 Å². The Morgan fingerprint density at radius 3 is 2.42 bits per heavy atom. The molecule has 0 unspecified atom stereocenters. The van der Waals surface area contributed by atoms with Crippen molar-refractivity contribution in [2.24, 2.45) is 0 Å². The Kier molecular flexibility index (Phi) is 3.57. The van der Waals surface area contributed by atoms with Crippen LogP contribution in [0.3, 0.4) is 0 Å². The third-order valence-corrected chi connectivity index (χ3v) is 5.21. The fourth-order valence-corrected chi connectivity index (χ4v) is 3.84. The number of rotatable bonds is 3. The fourth-order valence-electron chi connectivity index (χ4n) is 1.99. The van der Waals surface area contributed by atoms with E-state index in [1.807, 2.05) is 24.3 Å². The Bertz CT molecular complexity index is 575. The van der Waals surface area contributed by atoms with Crippen molar-refractivity contribution < 1.29 is 14.2 Å². The molecule has 2 aromatic rings. The summed E-state index contributed by atoms with van der Waals surface area (Å²) in [5.41, 5.74) is 1.13. The van der Waals surface area contributed by atoms with Crippen molar-refractivity contribution in [3.63, 3.8) is 0 Å². The number of methoxy groups -OCH3 is 1. The molecule has 3 rings (SSSR count). The van der Waals surface area contributed by atoms with E-state index in [2.05, 4.69) is 6.26 Å². The second kappa shape index (κ2) is 5.35. The molecule has 3 nitrogen and oxygen atoms in total. The van der Waals surface area contributed by atoms with Crippen LogP contribution in [-0.2, 0) is 0 Å². The molecule has 0 fully saturated rings. The molecular formula is C14H14O3S2. The first-order chi connectivity index (χ1) is 9.33. The molecule has 1 aromatic carbocycles. The molecule has 0 spiro atoms. The SMILES string of the molecule is COc1ccc(-c2sc(SC)c3c2OCCO3)cc1. The maximum absolute atomic E-state index is 5.79. The van der Waals surface area contributed by atoms with Crippen LogP contribution in [0.1, 0.15) is 0 Å². The molecule has 0 saturated carbocycles. The maximum atomic E-state index is 5.79. The molecule has 0 amide bonds. The van der Waals surface area contributed by atoms with Crippen LogP contribution in [0.25, 0.3) is 10.4 Å². The van der Waals surface area contributed by atoms with Crippen LogP contribution in [0, 0.1) is 0 Å². The van der Waals surface area contributed by atoms with Gasteiger partial charge < -0.3 is 14.2 Å². The third kappa shape index (κ3) is 2.28. The van der Waals surface area contributed by atoms with Crippen molar-refractivity contribution in [1.29, 1.82) is 0 Å². The van der Waals surface area contributed by atoms with E-state index in [1.165, 1.54) is 4.21 Å². The highest BCUT2D eigenvalue weighted by molar-refractivity contribution is 8.00. The van der Waals surface area contributed by atoms with Crippen molar-refractivity contribution in [3.8, 4) is 27.7 Å². The molecule has 19 heavy (non-hydrogen) atoms. The quantitative estimate of drug-likeness (QED) is 0.802. The number of hydrogen-bond donors (Lipinski definition) is 0. The molecule has 1 aliphatic heterocycles. The van der Waals surface area contributed by atoms with Crippen LogP contribution in [0.4, 0.5) is 0 Å². The Hall–Kier alpha value is -1.33. The summed E-state index contributed by atoms with van der Waals surface area (Å²) in [5, 5.41) is 0. The first-order valence-electron chi connectivity index (χ1n) is 5.94. The highest BCUT2D eigenvalue weighted by atomic mass is 32.2. The molecule has 0 N–H and O–H groups in total. The molecule has 0 radical (unpaired) electrons. The maximum Gasteiger partial charge on any atom is 0.186 e. The number of thiophene rings is 1. The van der Waals surface area contributed by atoms with Crippen molar-refractivity contribution in [2.45, 2.75) is 4.21 Å². The Morgan fingerprint density at radius 1 is 1.11 bits per heavy atom. The number of thioether (sulfide) groups is 1. The van der Waals surface area contributed by atoms with Crippen LogP contribution in [0.15, 0.2) is 28.5 Å².